The summed E-state index contributed by atoms with van der Waals surface area (Å²) in [5.41, 5.74) is 2.50. The predicted molar refractivity (Wildman–Crippen MR) is 115 cm³/mol. The Morgan fingerprint density at radius 2 is 1.70 bits per heavy atom. The van der Waals surface area contributed by atoms with Gasteiger partial charge in [0.15, 0.2) is 0 Å². The smallest absolute Gasteiger partial charge is 0.295 e. The summed E-state index contributed by atoms with van der Waals surface area (Å²) in [5.74, 6) is -0.730. The van der Waals surface area contributed by atoms with Crippen LogP contribution in [0.15, 0.2) is 54.1 Å². The number of nitrogens with one attached hydrogen (secondary N) is 1. The minimum Gasteiger partial charge on any atom is -0.507 e. The fourth-order valence-corrected chi connectivity index (χ4v) is 3.71. The van der Waals surface area contributed by atoms with E-state index in [2.05, 4.69) is 14.1 Å². The molecule has 6 heteroatoms. The Bertz CT molecular complexity index is 946. The van der Waals surface area contributed by atoms with Crippen LogP contribution in [0.5, 0.6) is 5.75 Å². The van der Waals surface area contributed by atoms with Crippen molar-refractivity contribution in [2.24, 2.45) is 0 Å². The minimum atomic E-state index is -0.647. The molecule has 0 aliphatic carbocycles. The zero-order chi connectivity index (χ0) is 21.8. The summed E-state index contributed by atoms with van der Waals surface area (Å²) in [4.78, 5) is 28.7. The van der Waals surface area contributed by atoms with Gasteiger partial charge in [0.05, 0.1) is 39.4 Å². The van der Waals surface area contributed by atoms with Gasteiger partial charge in [-0.15, -0.1) is 0 Å². The maximum absolute atomic E-state index is 13.0. The van der Waals surface area contributed by atoms with Crippen LogP contribution in [-0.2, 0) is 9.59 Å². The average Bonchev–Trinajstić information content (AvgIpc) is 2.98. The predicted octanol–water partition coefficient (Wildman–Crippen LogP) is 1.96. The minimum absolute atomic E-state index is 0.131. The topological polar surface area (TPSA) is 71.3 Å². The van der Waals surface area contributed by atoms with E-state index in [0.717, 1.165) is 24.1 Å². The quantitative estimate of drug-likeness (QED) is 0.417. The summed E-state index contributed by atoms with van der Waals surface area (Å²) < 4.78 is 5.17. The Morgan fingerprint density at radius 3 is 2.27 bits per heavy atom. The standard InChI is InChI=1S/C24H28N2O4/c1-16-6-8-17(9-7-16)21-20(22(27)18-10-12-19(30-4)13-11-18)23(28)24(29)26(21)15-5-14-25(2)3/h6-13,21,27H,5,14-15H2,1-4H3/p+1/t21-/m0/s1. The first-order chi connectivity index (χ1) is 14.3. The molecule has 1 atom stereocenters. The van der Waals surface area contributed by atoms with Crippen LogP contribution in [-0.4, -0.2) is 56.0 Å². The first-order valence-electron chi connectivity index (χ1n) is 10.1. The van der Waals surface area contributed by atoms with Crippen molar-refractivity contribution in [3.63, 3.8) is 0 Å². The molecule has 1 amide bonds. The van der Waals surface area contributed by atoms with Gasteiger partial charge in [-0.05, 0) is 36.8 Å². The summed E-state index contributed by atoms with van der Waals surface area (Å²) >= 11 is 0. The monoisotopic (exact) mass is 409 g/mol. The summed E-state index contributed by atoms with van der Waals surface area (Å²) in [6.45, 7) is 3.31. The number of likely N-dealkylation sites (tertiary alicyclic amines) is 1. The van der Waals surface area contributed by atoms with Crippen molar-refractivity contribution in [2.45, 2.75) is 19.4 Å². The average molecular weight is 410 g/mol. The molecule has 6 nitrogen and oxygen atoms in total. The number of ether oxygens (including phenoxy) is 1. The van der Waals surface area contributed by atoms with E-state index in [1.807, 2.05) is 31.2 Å². The van der Waals surface area contributed by atoms with Gasteiger partial charge in [0, 0.05) is 18.5 Å². The zero-order valence-corrected chi connectivity index (χ0v) is 17.9. The van der Waals surface area contributed by atoms with Crippen molar-refractivity contribution in [2.75, 3.05) is 34.3 Å². The number of carbonyl (C=O) groups is 2. The Kier molecular flexibility index (Phi) is 6.57. The van der Waals surface area contributed by atoms with E-state index < -0.39 is 17.7 Å². The van der Waals surface area contributed by atoms with Gasteiger partial charge in [-0.25, -0.2) is 0 Å². The van der Waals surface area contributed by atoms with Crippen molar-refractivity contribution in [1.29, 1.82) is 0 Å². The molecule has 158 valence electrons. The van der Waals surface area contributed by atoms with Gasteiger partial charge in [-0.3, -0.25) is 9.59 Å². The molecule has 1 aliphatic rings. The maximum Gasteiger partial charge on any atom is 0.295 e. The van der Waals surface area contributed by atoms with Gasteiger partial charge in [0.1, 0.15) is 11.5 Å². The Morgan fingerprint density at radius 1 is 1.07 bits per heavy atom. The summed E-state index contributed by atoms with van der Waals surface area (Å²) in [7, 11) is 5.66. The fraction of sp³-hybridized carbons (Fsp3) is 0.333. The van der Waals surface area contributed by atoms with Crippen molar-refractivity contribution in [3.8, 4) is 5.75 Å². The molecule has 3 rings (SSSR count). The second-order valence-electron chi connectivity index (χ2n) is 7.94. The number of methoxy groups -OCH3 is 1. The van der Waals surface area contributed by atoms with Crippen LogP contribution in [0.2, 0.25) is 0 Å². The molecule has 2 aromatic carbocycles. The van der Waals surface area contributed by atoms with Gasteiger partial charge < -0.3 is 19.6 Å². The molecule has 2 N–H and O–H groups in total. The third-order valence-corrected chi connectivity index (χ3v) is 5.37. The number of hydrogen-bond donors (Lipinski definition) is 2. The number of hydrogen-bond acceptors (Lipinski definition) is 4. The van der Waals surface area contributed by atoms with Crippen LogP contribution >= 0.6 is 0 Å². The van der Waals surface area contributed by atoms with E-state index in [9.17, 15) is 14.7 Å². The van der Waals surface area contributed by atoms with E-state index >= 15 is 0 Å². The normalized spacial score (nSPS) is 18.3. The summed E-state index contributed by atoms with van der Waals surface area (Å²) in [6, 6.07) is 13.9. The number of amides is 1. The van der Waals surface area contributed by atoms with E-state index in [0.29, 0.717) is 17.9 Å². The molecule has 0 aromatic heterocycles. The lowest BCUT2D eigenvalue weighted by Gasteiger charge is -2.25. The number of carbonyl (C=O) groups excluding carboxylic acids is 2. The zero-order valence-electron chi connectivity index (χ0n) is 17.9. The highest BCUT2D eigenvalue weighted by Gasteiger charge is 2.45. The van der Waals surface area contributed by atoms with Gasteiger partial charge in [0.2, 0.25) is 0 Å². The number of Topliss-reactive ketones (excluding diaryl/α,β-unsaturated/α-hetero) is 1. The van der Waals surface area contributed by atoms with Crippen LogP contribution in [0.25, 0.3) is 5.76 Å². The molecule has 1 saturated heterocycles. The lowest BCUT2D eigenvalue weighted by atomic mass is 9.94. The highest BCUT2D eigenvalue weighted by atomic mass is 16.5. The molecule has 0 unspecified atom stereocenters. The first kappa shape index (κ1) is 21.6. The van der Waals surface area contributed by atoms with E-state index in [-0.39, 0.29) is 11.3 Å². The molecule has 1 fully saturated rings. The highest BCUT2D eigenvalue weighted by Crippen LogP contribution is 2.39. The van der Waals surface area contributed by atoms with Crippen LogP contribution in [0, 0.1) is 6.92 Å². The number of benzene rings is 2. The Labute approximate surface area is 177 Å². The molecule has 1 heterocycles. The molecular weight excluding hydrogens is 380 g/mol. The Hall–Kier alpha value is -3.12. The first-order valence-corrected chi connectivity index (χ1v) is 10.1. The highest BCUT2D eigenvalue weighted by molar-refractivity contribution is 6.46. The SMILES string of the molecule is COc1ccc(C(O)=C2C(=O)C(=O)N(CCC[NH+](C)C)[C@H]2c2ccc(C)cc2)cc1. The fourth-order valence-electron chi connectivity index (χ4n) is 3.71. The van der Waals surface area contributed by atoms with Crippen LogP contribution < -0.4 is 9.64 Å². The van der Waals surface area contributed by atoms with E-state index in [1.54, 1.807) is 36.3 Å². The maximum atomic E-state index is 13.0. The second-order valence-corrected chi connectivity index (χ2v) is 7.94. The van der Waals surface area contributed by atoms with E-state index in [1.165, 1.54) is 4.90 Å². The Balaban J connectivity index is 2.06. The molecule has 2 aromatic rings. The molecule has 0 bridgehead atoms. The number of aryl methyl sites for hydroxylation is 1. The van der Waals surface area contributed by atoms with Crippen molar-refractivity contribution in [3.05, 3.63) is 70.8 Å². The second kappa shape index (κ2) is 9.13. The third kappa shape index (κ3) is 4.39. The van der Waals surface area contributed by atoms with Gasteiger partial charge in [-0.2, -0.15) is 0 Å². The lowest BCUT2D eigenvalue weighted by molar-refractivity contribution is -0.858. The number of rotatable bonds is 7. The number of nitrogens with zero attached hydrogens (tertiary/aromatic N) is 1. The van der Waals surface area contributed by atoms with Crippen molar-refractivity contribution >= 4 is 17.4 Å². The third-order valence-electron chi connectivity index (χ3n) is 5.37. The van der Waals surface area contributed by atoms with Crippen LogP contribution in [0.3, 0.4) is 0 Å². The molecule has 30 heavy (non-hydrogen) atoms. The molecule has 1 aliphatic heterocycles. The van der Waals surface area contributed by atoms with Gasteiger partial charge in [-0.1, -0.05) is 29.8 Å². The molecule has 0 spiro atoms. The van der Waals surface area contributed by atoms with Gasteiger partial charge in [0.25, 0.3) is 11.7 Å². The number of ketones is 1. The summed E-state index contributed by atoms with van der Waals surface area (Å²) in [5, 5.41) is 11.0. The van der Waals surface area contributed by atoms with E-state index in [4.69, 9.17) is 4.74 Å². The lowest BCUT2D eigenvalue weighted by Crippen LogP contribution is -3.05. The molecule has 0 radical (unpaired) electrons. The number of quaternary nitrogens is 1. The number of aliphatic hydroxyl groups excluding tert-OH is 1. The van der Waals surface area contributed by atoms with Crippen LogP contribution in [0.1, 0.15) is 29.2 Å². The van der Waals surface area contributed by atoms with Gasteiger partial charge >= 0.3 is 0 Å². The largest absolute Gasteiger partial charge is 0.507 e. The summed E-state index contributed by atoms with van der Waals surface area (Å²) in [6.07, 6.45) is 0.764. The molecule has 0 saturated carbocycles. The van der Waals surface area contributed by atoms with Crippen LogP contribution in [0.4, 0.5) is 0 Å². The van der Waals surface area contributed by atoms with Crippen molar-refractivity contribution < 1.29 is 24.3 Å². The number of aliphatic hydroxyl groups is 1. The van der Waals surface area contributed by atoms with Crippen molar-refractivity contribution in [1.82, 2.24) is 4.90 Å². The molecular formula is C24H29N2O4+.